The minimum Gasteiger partial charge on any atom is -0.488 e. The number of allylic oxidation sites excluding steroid dienone is 1. The van der Waals surface area contributed by atoms with Crippen LogP contribution < -0.4 is 4.74 Å². The van der Waals surface area contributed by atoms with Gasteiger partial charge in [0.05, 0.1) is 5.60 Å². The molecule has 0 aliphatic heterocycles. The third kappa shape index (κ3) is 7.68. The fourth-order valence-electron chi connectivity index (χ4n) is 1.66. The van der Waals surface area contributed by atoms with Gasteiger partial charge in [0.25, 0.3) is 0 Å². The highest BCUT2D eigenvalue weighted by atomic mass is 16.5. The van der Waals surface area contributed by atoms with Crippen molar-refractivity contribution >= 4 is 6.08 Å². The van der Waals surface area contributed by atoms with Gasteiger partial charge < -0.3 is 9.84 Å². The predicted molar refractivity (Wildman–Crippen MR) is 81.4 cm³/mol. The lowest BCUT2D eigenvalue weighted by atomic mass is 10.0. The number of hydrogen-bond donors (Lipinski definition) is 1. The zero-order valence-electron chi connectivity index (χ0n) is 12.7. The lowest BCUT2D eigenvalue weighted by molar-refractivity contribution is 0.0722. The second-order valence-corrected chi connectivity index (χ2v) is 6.54. The molecule has 19 heavy (non-hydrogen) atoms. The molecular weight excluding hydrogens is 236 g/mol. The first kappa shape index (κ1) is 15.8. The van der Waals surface area contributed by atoms with Gasteiger partial charge in [0.1, 0.15) is 11.4 Å². The molecule has 0 aromatic heterocycles. The van der Waals surface area contributed by atoms with E-state index in [1.54, 1.807) is 0 Å². The van der Waals surface area contributed by atoms with Crippen LogP contribution in [0.15, 0.2) is 30.3 Å². The maximum atomic E-state index is 9.61. The molecule has 1 rings (SSSR count). The van der Waals surface area contributed by atoms with Gasteiger partial charge in [-0.15, -0.1) is 0 Å². The van der Waals surface area contributed by atoms with Crippen molar-refractivity contribution in [1.29, 1.82) is 0 Å². The summed E-state index contributed by atoms with van der Waals surface area (Å²) in [6.07, 6.45) is 5.82. The van der Waals surface area contributed by atoms with Crippen molar-refractivity contribution in [3.8, 4) is 5.75 Å². The molecule has 0 unspecified atom stereocenters. The number of benzene rings is 1. The molecule has 1 aromatic carbocycles. The summed E-state index contributed by atoms with van der Waals surface area (Å²) in [5.74, 6) is 0.890. The van der Waals surface area contributed by atoms with E-state index in [4.69, 9.17) is 4.74 Å². The Morgan fingerprint density at radius 1 is 1.05 bits per heavy atom. The molecule has 0 aliphatic carbocycles. The first-order chi connectivity index (χ1) is 8.66. The molecule has 2 nitrogen and oxygen atoms in total. The molecule has 0 spiro atoms. The second kappa shape index (κ2) is 6.25. The number of ether oxygens (including phenoxy) is 1. The van der Waals surface area contributed by atoms with Crippen LogP contribution in [-0.4, -0.2) is 16.3 Å². The highest BCUT2D eigenvalue weighted by molar-refractivity contribution is 5.50. The van der Waals surface area contributed by atoms with Gasteiger partial charge in [-0.05, 0) is 65.2 Å². The molecule has 106 valence electrons. The highest BCUT2D eigenvalue weighted by Crippen LogP contribution is 2.19. The summed E-state index contributed by atoms with van der Waals surface area (Å²) in [5, 5.41) is 9.61. The van der Waals surface area contributed by atoms with E-state index in [-0.39, 0.29) is 5.60 Å². The largest absolute Gasteiger partial charge is 0.488 e. The van der Waals surface area contributed by atoms with Gasteiger partial charge in [0.15, 0.2) is 0 Å². The first-order valence-corrected chi connectivity index (χ1v) is 6.84. The van der Waals surface area contributed by atoms with Gasteiger partial charge in [-0.1, -0.05) is 24.3 Å². The van der Waals surface area contributed by atoms with Crippen LogP contribution in [0.25, 0.3) is 6.08 Å². The van der Waals surface area contributed by atoms with Gasteiger partial charge in [-0.3, -0.25) is 0 Å². The molecule has 1 aromatic rings. The summed E-state index contributed by atoms with van der Waals surface area (Å²) in [6, 6.07) is 8.06. The molecule has 0 radical (unpaired) electrons. The minimum atomic E-state index is -0.589. The molecule has 0 saturated heterocycles. The topological polar surface area (TPSA) is 29.5 Å². The van der Waals surface area contributed by atoms with E-state index in [0.717, 1.165) is 24.2 Å². The fraction of sp³-hybridized carbons (Fsp3) is 0.529. The summed E-state index contributed by atoms with van der Waals surface area (Å²) in [7, 11) is 0. The Hall–Kier alpha value is -1.28. The van der Waals surface area contributed by atoms with Crippen molar-refractivity contribution < 1.29 is 9.84 Å². The van der Waals surface area contributed by atoms with Gasteiger partial charge in [-0.25, -0.2) is 0 Å². The molecule has 1 N–H and O–H groups in total. The van der Waals surface area contributed by atoms with Crippen LogP contribution in [0.4, 0.5) is 0 Å². The number of aliphatic hydroxyl groups is 1. The third-order valence-corrected chi connectivity index (χ3v) is 2.54. The smallest absolute Gasteiger partial charge is 0.120 e. The Kier molecular flexibility index (Phi) is 5.19. The van der Waals surface area contributed by atoms with Crippen LogP contribution in [0.5, 0.6) is 5.75 Å². The summed E-state index contributed by atoms with van der Waals surface area (Å²) in [5.41, 5.74) is 0.399. The fourth-order valence-corrected chi connectivity index (χ4v) is 1.66. The van der Waals surface area contributed by atoms with Crippen molar-refractivity contribution in [3.05, 3.63) is 35.9 Å². The van der Waals surface area contributed by atoms with Crippen LogP contribution in [0.2, 0.25) is 0 Å². The van der Waals surface area contributed by atoms with E-state index in [9.17, 15) is 5.11 Å². The summed E-state index contributed by atoms with van der Waals surface area (Å²) >= 11 is 0. The zero-order valence-corrected chi connectivity index (χ0v) is 12.7. The molecule has 2 heteroatoms. The predicted octanol–water partition coefficient (Wildman–Crippen LogP) is 4.43. The Balaban J connectivity index is 2.51. The Morgan fingerprint density at radius 2 is 1.63 bits per heavy atom. The van der Waals surface area contributed by atoms with Crippen LogP contribution in [0.3, 0.4) is 0 Å². The quantitative estimate of drug-likeness (QED) is 0.850. The lowest BCUT2D eigenvalue weighted by Gasteiger charge is -2.21. The van der Waals surface area contributed by atoms with Gasteiger partial charge in [0, 0.05) is 0 Å². The molecular formula is C17H26O2. The van der Waals surface area contributed by atoms with Gasteiger partial charge >= 0.3 is 0 Å². The molecule has 0 aliphatic rings. The van der Waals surface area contributed by atoms with Crippen LogP contribution in [0, 0.1) is 0 Å². The molecule has 0 atom stereocenters. The van der Waals surface area contributed by atoms with E-state index < -0.39 is 5.60 Å². The summed E-state index contributed by atoms with van der Waals surface area (Å²) in [4.78, 5) is 0. The van der Waals surface area contributed by atoms with Crippen molar-refractivity contribution in [2.24, 2.45) is 0 Å². The molecule has 0 amide bonds. The van der Waals surface area contributed by atoms with E-state index in [1.165, 1.54) is 0 Å². The lowest BCUT2D eigenvalue weighted by Crippen LogP contribution is -2.22. The maximum absolute atomic E-state index is 9.61. The third-order valence-electron chi connectivity index (χ3n) is 2.54. The van der Waals surface area contributed by atoms with E-state index in [1.807, 2.05) is 58.9 Å². The molecule has 0 heterocycles. The monoisotopic (exact) mass is 262 g/mol. The van der Waals surface area contributed by atoms with Gasteiger partial charge in [0.2, 0.25) is 0 Å². The Morgan fingerprint density at radius 3 is 2.11 bits per heavy atom. The Labute approximate surface area is 117 Å². The first-order valence-electron chi connectivity index (χ1n) is 6.84. The Bertz CT molecular complexity index is 402. The minimum absolute atomic E-state index is 0.163. The molecule has 0 saturated carbocycles. The van der Waals surface area contributed by atoms with Crippen molar-refractivity contribution in [2.75, 3.05) is 0 Å². The van der Waals surface area contributed by atoms with E-state index >= 15 is 0 Å². The average Bonchev–Trinajstić information content (AvgIpc) is 2.23. The van der Waals surface area contributed by atoms with Crippen LogP contribution >= 0.6 is 0 Å². The zero-order chi connectivity index (χ0) is 14.5. The van der Waals surface area contributed by atoms with E-state index in [0.29, 0.717) is 0 Å². The van der Waals surface area contributed by atoms with Crippen LogP contribution in [0.1, 0.15) is 53.0 Å². The standard InChI is InChI=1S/C17H26O2/c1-16(2,3)19-15-11-9-14(10-12-15)8-6-7-13-17(4,5)18/h6,8-12,18H,7,13H2,1-5H3/b8-6+. The van der Waals surface area contributed by atoms with Crippen molar-refractivity contribution in [3.63, 3.8) is 0 Å². The average molecular weight is 262 g/mol. The summed E-state index contributed by atoms with van der Waals surface area (Å²) < 4.78 is 5.77. The number of rotatable bonds is 5. The normalized spacial score (nSPS) is 12.9. The molecule has 0 bridgehead atoms. The SMILES string of the molecule is CC(C)(O)CC/C=C/c1ccc(OC(C)(C)C)cc1. The van der Waals surface area contributed by atoms with Crippen molar-refractivity contribution in [1.82, 2.24) is 0 Å². The van der Waals surface area contributed by atoms with Crippen LogP contribution in [-0.2, 0) is 0 Å². The number of hydrogen-bond acceptors (Lipinski definition) is 2. The second-order valence-electron chi connectivity index (χ2n) is 6.54. The maximum Gasteiger partial charge on any atom is 0.120 e. The van der Waals surface area contributed by atoms with Crippen molar-refractivity contribution in [2.45, 2.75) is 58.7 Å². The van der Waals surface area contributed by atoms with Gasteiger partial charge in [-0.2, -0.15) is 0 Å². The van der Waals surface area contributed by atoms with E-state index in [2.05, 4.69) is 12.2 Å². The highest BCUT2D eigenvalue weighted by Gasteiger charge is 2.11. The summed E-state index contributed by atoms with van der Waals surface area (Å²) in [6.45, 7) is 9.78. The molecule has 0 fully saturated rings.